The predicted molar refractivity (Wildman–Crippen MR) is 79.2 cm³/mol. The van der Waals surface area contributed by atoms with Crippen molar-refractivity contribution in [2.24, 2.45) is 0 Å². The number of carbonyl (C=O) groups excluding carboxylic acids is 1. The smallest absolute Gasteiger partial charge is 0.251 e. The highest BCUT2D eigenvalue weighted by molar-refractivity contribution is 7.99. The third kappa shape index (κ3) is 5.56. The van der Waals surface area contributed by atoms with E-state index in [4.69, 9.17) is 0 Å². The lowest BCUT2D eigenvalue weighted by atomic mass is 10.1. The van der Waals surface area contributed by atoms with E-state index in [1.165, 1.54) is 23.5 Å². The van der Waals surface area contributed by atoms with E-state index < -0.39 is 0 Å². The lowest BCUT2D eigenvalue weighted by molar-refractivity contribution is 0.0963. The summed E-state index contributed by atoms with van der Waals surface area (Å²) in [7, 11) is 1.64. The highest BCUT2D eigenvalue weighted by Gasteiger charge is 2.01. The first-order valence-electron chi connectivity index (χ1n) is 6.37. The summed E-state index contributed by atoms with van der Waals surface area (Å²) in [4.78, 5) is 11.4. The van der Waals surface area contributed by atoms with Crippen LogP contribution in [0.1, 0.15) is 29.3 Å². The topological polar surface area (TPSA) is 41.1 Å². The Balaban J connectivity index is 2.25. The van der Waals surface area contributed by atoms with Crippen molar-refractivity contribution in [3.8, 4) is 0 Å². The molecule has 0 atom stereocenters. The molecule has 0 unspecified atom stereocenters. The van der Waals surface area contributed by atoms with Crippen LogP contribution >= 0.6 is 11.8 Å². The van der Waals surface area contributed by atoms with E-state index in [1.54, 1.807) is 7.05 Å². The zero-order valence-corrected chi connectivity index (χ0v) is 12.0. The predicted octanol–water partition coefficient (Wildman–Crippen LogP) is 2.28. The second-order valence-electron chi connectivity index (χ2n) is 4.00. The average molecular weight is 266 g/mol. The van der Waals surface area contributed by atoms with Crippen molar-refractivity contribution in [3.63, 3.8) is 0 Å². The van der Waals surface area contributed by atoms with E-state index in [-0.39, 0.29) is 5.91 Å². The molecule has 1 aromatic carbocycles. The number of amides is 1. The molecule has 0 saturated carbocycles. The fourth-order valence-electron chi connectivity index (χ4n) is 1.59. The summed E-state index contributed by atoms with van der Waals surface area (Å²) < 4.78 is 0. The minimum absolute atomic E-state index is 0.0360. The van der Waals surface area contributed by atoms with Gasteiger partial charge in [-0.15, -0.1) is 0 Å². The highest BCUT2D eigenvalue weighted by atomic mass is 32.2. The zero-order chi connectivity index (χ0) is 13.2. The van der Waals surface area contributed by atoms with Gasteiger partial charge in [-0.3, -0.25) is 4.79 Å². The molecular weight excluding hydrogens is 244 g/mol. The molecular formula is C14H22N2OS. The van der Waals surface area contributed by atoms with E-state index in [2.05, 4.69) is 17.6 Å². The first-order chi connectivity index (χ1) is 8.77. The number of hydrogen-bond acceptors (Lipinski definition) is 3. The van der Waals surface area contributed by atoms with Crippen LogP contribution in [0.25, 0.3) is 0 Å². The number of thioether (sulfide) groups is 1. The van der Waals surface area contributed by atoms with Gasteiger partial charge in [0.05, 0.1) is 0 Å². The van der Waals surface area contributed by atoms with Gasteiger partial charge in [-0.05, 0) is 42.2 Å². The largest absolute Gasteiger partial charge is 0.355 e. The van der Waals surface area contributed by atoms with Crippen LogP contribution in [-0.4, -0.2) is 31.0 Å². The van der Waals surface area contributed by atoms with Gasteiger partial charge in [0.15, 0.2) is 0 Å². The summed E-state index contributed by atoms with van der Waals surface area (Å²) in [5, 5.41) is 6.03. The lowest BCUT2D eigenvalue weighted by Gasteiger charge is -2.05. The highest BCUT2D eigenvalue weighted by Crippen LogP contribution is 2.04. The number of carbonyl (C=O) groups is 1. The van der Waals surface area contributed by atoms with Crippen LogP contribution in [0.4, 0.5) is 0 Å². The molecule has 0 radical (unpaired) electrons. The molecule has 0 heterocycles. The third-order valence-corrected chi connectivity index (χ3v) is 3.60. The van der Waals surface area contributed by atoms with Crippen molar-refractivity contribution in [2.75, 3.05) is 25.1 Å². The Morgan fingerprint density at radius 1 is 1.28 bits per heavy atom. The summed E-state index contributed by atoms with van der Waals surface area (Å²) in [5.41, 5.74) is 1.92. The second kappa shape index (κ2) is 9.00. The monoisotopic (exact) mass is 266 g/mol. The molecule has 1 rings (SSSR count). The van der Waals surface area contributed by atoms with Crippen LogP contribution < -0.4 is 10.6 Å². The first-order valence-corrected chi connectivity index (χ1v) is 7.53. The molecule has 4 heteroatoms. The molecule has 1 aromatic rings. The minimum atomic E-state index is -0.0360. The number of nitrogens with one attached hydrogen (secondary N) is 2. The number of hydrogen-bond donors (Lipinski definition) is 2. The Morgan fingerprint density at radius 3 is 2.61 bits per heavy atom. The molecule has 0 bridgehead atoms. The Bertz CT molecular complexity index is 351. The van der Waals surface area contributed by atoms with Gasteiger partial charge in [0.25, 0.3) is 5.91 Å². The molecule has 100 valence electrons. The summed E-state index contributed by atoms with van der Waals surface area (Å²) in [6, 6.07) is 7.72. The van der Waals surface area contributed by atoms with Crippen molar-refractivity contribution >= 4 is 17.7 Å². The fraction of sp³-hybridized carbons (Fsp3) is 0.500. The summed E-state index contributed by atoms with van der Waals surface area (Å²) in [6.45, 7) is 4.10. The third-order valence-electron chi connectivity index (χ3n) is 2.62. The first kappa shape index (κ1) is 15.1. The van der Waals surface area contributed by atoms with E-state index in [0.717, 1.165) is 13.1 Å². The van der Waals surface area contributed by atoms with Gasteiger partial charge in [0.2, 0.25) is 0 Å². The van der Waals surface area contributed by atoms with Gasteiger partial charge < -0.3 is 10.6 Å². The van der Waals surface area contributed by atoms with Crippen molar-refractivity contribution in [1.29, 1.82) is 0 Å². The summed E-state index contributed by atoms with van der Waals surface area (Å²) >= 11 is 1.98. The molecule has 0 fully saturated rings. The standard InChI is InChI=1S/C14H22N2OS/c1-3-18-10-4-9-16-11-12-5-7-13(8-6-12)14(17)15-2/h5-8,16H,3-4,9-11H2,1-2H3,(H,15,17). The van der Waals surface area contributed by atoms with Crippen molar-refractivity contribution < 1.29 is 4.79 Å². The Labute approximate surface area is 114 Å². The molecule has 18 heavy (non-hydrogen) atoms. The zero-order valence-electron chi connectivity index (χ0n) is 11.2. The molecule has 2 N–H and O–H groups in total. The SMILES string of the molecule is CCSCCCNCc1ccc(C(=O)NC)cc1. The lowest BCUT2D eigenvalue weighted by Crippen LogP contribution is -2.18. The summed E-state index contributed by atoms with van der Waals surface area (Å²) in [6.07, 6.45) is 1.20. The van der Waals surface area contributed by atoms with Gasteiger partial charge in [-0.1, -0.05) is 19.1 Å². The molecule has 0 spiro atoms. The van der Waals surface area contributed by atoms with E-state index >= 15 is 0 Å². The molecule has 3 nitrogen and oxygen atoms in total. The van der Waals surface area contributed by atoms with Crippen LogP contribution in [0.2, 0.25) is 0 Å². The van der Waals surface area contributed by atoms with Crippen molar-refractivity contribution in [2.45, 2.75) is 19.9 Å². The molecule has 1 amide bonds. The normalized spacial score (nSPS) is 10.3. The fourth-order valence-corrected chi connectivity index (χ4v) is 2.23. The molecule has 0 aliphatic heterocycles. The van der Waals surface area contributed by atoms with E-state index in [9.17, 15) is 4.79 Å². The van der Waals surface area contributed by atoms with Gasteiger partial charge in [0.1, 0.15) is 0 Å². The van der Waals surface area contributed by atoms with Crippen LogP contribution in [0.3, 0.4) is 0 Å². The maximum absolute atomic E-state index is 11.4. The maximum Gasteiger partial charge on any atom is 0.251 e. The van der Waals surface area contributed by atoms with Crippen LogP contribution in [0.15, 0.2) is 24.3 Å². The second-order valence-corrected chi connectivity index (χ2v) is 5.40. The van der Waals surface area contributed by atoms with Gasteiger partial charge in [0, 0.05) is 19.2 Å². The van der Waals surface area contributed by atoms with Gasteiger partial charge >= 0.3 is 0 Å². The Morgan fingerprint density at radius 2 is 2.00 bits per heavy atom. The number of rotatable bonds is 8. The average Bonchev–Trinajstić information content (AvgIpc) is 2.42. The minimum Gasteiger partial charge on any atom is -0.355 e. The van der Waals surface area contributed by atoms with Crippen LogP contribution in [-0.2, 0) is 6.54 Å². The van der Waals surface area contributed by atoms with Gasteiger partial charge in [-0.2, -0.15) is 11.8 Å². The van der Waals surface area contributed by atoms with E-state index in [1.807, 2.05) is 36.0 Å². The van der Waals surface area contributed by atoms with E-state index in [0.29, 0.717) is 5.56 Å². The molecule has 0 saturated heterocycles. The molecule has 0 aliphatic rings. The van der Waals surface area contributed by atoms with Crippen molar-refractivity contribution in [3.05, 3.63) is 35.4 Å². The number of benzene rings is 1. The maximum atomic E-state index is 11.4. The Hall–Kier alpha value is -1.00. The van der Waals surface area contributed by atoms with Crippen LogP contribution in [0, 0.1) is 0 Å². The van der Waals surface area contributed by atoms with Gasteiger partial charge in [-0.25, -0.2) is 0 Å². The summed E-state index contributed by atoms with van der Waals surface area (Å²) in [5.74, 6) is 2.38. The molecule has 0 aliphatic carbocycles. The van der Waals surface area contributed by atoms with Crippen LogP contribution in [0.5, 0.6) is 0 Å². The van der Waals surface area contributed by atoms with Crippen molar-refractivity contribution in [1.82, 2.24) is 10.6 Å². The Kier molecular flexibility index (Phi) is 7.53. The quantitative estimate of drug-likeness (QED) is 0.709. The molecule has 0 aromatic heterocycles.